The predicted molar refractivity (Wildman–Crippen MR) is 79.2 cm³/mol. The van der Waals surface area contributed by atoms with Crippen molar-refractivity contribution >= 4 is 17.4 Å². The van der Waals surface area contributed by atoms with Crippen LogP contribution in [0.4, 0.5) is 5.69 Å². The smallest absolute Gasteiger partial charge is 0.226 e. The highest BCUT2D eigenvalue weighted by molar-refractivity contribution is 5.95. The van der Waals surface area contributed by atoms with Gasteiger partial charge in [-0.2, -0.15) is 5.10 Å². The third kappa shape index (κ3) is 3.98. The largest absolute Gasteiger partial charge is 0.326 e. The summed E-state index contributed by atoms with van der Waals surface area (Å²) in [5.74, 6) is 1.40. The Labute approximate surface area is 123 Å². The number of carbonyl (C=O) groups is 2. The lowest BCUT2D eigenvalue weighted by atomic mass is 10.1. The molecule has 0 radical (unpaired) electrons. The Balaban J connectivity index is 1.89. The quantitative estimate of drug-likeness (QED) is 0.854. The number of aromatic nitrogens is 3. The molecule has 0 saturated heterocycles. The Hall–Kier alpha value is -2.50. The lowest BCUT2D eigenvalue weighted by Gasteiger charge is -2.06. The summed E-state index contributed by atoms with van der Waals surface area (Å²) < 4.78 is 1.72. The number of amides is 1. The van der Waals surface area contributed by atoms with Gasteiger partial charge >= 0.3 is 0 Å². The highest BCUT2D eigenvalue weighted by Gasteiger charge is 2.07. The molecule has 0 saturated carbocycles. The highest BCUT2D eigenvalue weighted by atomic mass is 16.1. The van der Waals surface area contributed by atoms with Gasteiger partial charge in [0.25, 0.3) is 0 Å². The topological polar surface area (TPSA) is 76.9 Å². The maximum absolute atomic E-state index is 11.9. The fraction of sp³-hybridized carbons (Fsp3) is 0.333. The van der Waals surface area contributed by atoms with Gasteiger partial charge in [-0.25, -0.2) is 9.67 Å². The molecule has 0 aliphatic rings. The van der Waals surface area contributed by atoms with Crippen LogP contribution in [-0.2, 0) is 11.3 Å². The van der Waals surface area contributed by atoms with Gasteiger partial charge in [-0.05, 0) is 45.0 Å². The SMILES string of the molecule is CC(=O)c1ccc(NC(=O)CCn2nc(C)nc2C)cc1. The van der Waals surface area contributed by atoms with Crippen LogP contribution in [0.3, 0.4) is 0 Å². The monoisotopic (exact) mass is 286 g/mol. The van der Waals surface area contributed by atoms with Gasteiger partial charge < -0.3 is 5.32 Å². The zero-order valence-electron chi connectivity index (χ0n) is 12.4. The molecule has 0 unspecified atom stereocenters. The normalized spacial score (nSPS) is 10.4. The first-order valence-corrected chi connectivity index (χ1v) is 6.74. The Morgan fingerprint density at radius 2 is 1.86 bits per heavy atom. The third-order valence-corrected chi connectivity index (χ3v) is 3.09. The van der Waals surface area contributed by atoms with Gasteiger partial charge in [0, 0.05) is 17.7 Å². The number of hydrogen-bond acceptors (Lipinski definition) is 4. The minimum Gasteiger partial charge on any atom is -0.326 e. The molecule has 6 heteroatoms. The number of nitrogens with zero attached hydrogens (tertiary/aromatic N) is 3. The molecule has 0 fully saturated rings. The van der Waals surface area contributed by atoms with Crippen LogP contribution in [0.1, 0.15) is 35.4 Å². The number of nitrogens with one attached hydrogen (secondary N) is 1. The van der Waals surface area contributed by atoms with Crippen LogP contribution < -0.4 is 5.32 Å². The number of ketones is 1. The maximum Gasteiger partial charge on any atom is 0.226 e. The van der Waals surface area contributed by atoms with E-state index in [1.165, 1.54) is 6.92 Å². The average Bonchev–Trinajstić information content (AvgIpc) is 2.75. The molecule has 110 valence electrons. The first-order chi connectivity index (χ1) is 9.95. The van der Waals surface area contributed by atoms with E-state index in [9.17, 15) is 9.59 Å². The van der Waals surface area contributed by atoms with Crippen molar-refractivity contribution in [1.82, 2.24) is 14.8 Å². The molecule has 0 atom stereocenters. The van der Waals surface area contributed by atoms with Crippen LogP contribution in [0.25, 0.3) is 0 Å². The van der Waals surface area contributed by atoms with Crippen LogP contribution in [-0.4, -0.2) is 26.5 Å². The van der Waals surface area contributed by atoms with Crippen molar-refractivity contribution in [3.05, 3.63) is 41.5 Å². The summed E-state index contributed by atoms with van der Waals surface area (Å²) in [5, 5.41) is 7.00. The van der Waals surface area contributed by atoms with Crippen molar-refractivity contribution in [3.8, 4) is 0 Å². The van der Waals surface area contributed by atoms with E-state index in [-0.39, 0.29) is 11.7 Å². The van der Waals surface area contributed by atoms with Gasteiger partial charge in [-0.15, -0.1) is 0 Å². The molecule has 0 aliphatic carbocycles. The Morgan fingerprint density at radius 1 is 1.19 bits per heavy atom. The summed E-state index contributed by atoms with van der Waals surface area (Å²) in [5.41, 5.74) is 1.30. The van der Waals surface area contributed by atoms with Crippen LogP contribution in [0.2, 0.25) is 0 Å². The van der Waals surface area contributed by atoms with Crippen molar-refractivity contribution in [2.24, 2.45) is 0 Å². The van der Waals surface area contributed by atoms with Crippen molar-refractivity contribution in [1.29, 1.82) is 0 Å². The molecule has 1 aromatic heterocycles. The van der Waals surface area contributed by atoms with Gasteiger partial charge in [-0.3, -0.25) is 9.59 Å². The van der Waals surface area contributed by atoms with E-state index in [0.717, 1.165) is 5.82 Å². The lowest BCUT2D eigenvalue weighted by molar-refractivity contribution is -0.116. The first kappa shape index (κ1) is 14.9. The second-order valence-corrected chi connectivity index (χ2v) is 4.86. The van der Waals surface area contributed by atoms with Gasteiger partial charge in [0.05, 0.1) is 6.54 Å². The van der Waals surface area contributed by atoms with Crippen LogP contribution in [0, 0.1) is 13.8 Å². The van der Waals surface area contributed by atoms with E-state index < -0.39 is 0 Å². The fourth-order valence-corrected chi connectivity index (χ4v) is 1.99. The molecule has 0 spiro atoms. The minimum absolute atomic E-state index is 0.00454. The van der Waals surface area contributed by atoms with Gasteiger partial charge in [0.15, 0.2) is 5.78 Å². The maximum atomic E-state index is 11.9. The molecule has 6 nitrogen and oxygen atoms in total. The standard InChI is InChI=1S/C15H18N4O2/c1-10(20)13-4-6-14(7-5-13)17-15(21)8-9-19-12(3)16-11(2)18-19/h4-7H,8-9H2,1-3H3,(H,17,21). The summed E-state index contributed by atoms with van der Waals surface area (Å²) >= 11 is 0. The van der Waals surface area contributed by atoms with E-state index in [1.54, 1.807) is 28.9 Å². The molecule has 1 amide bonds. The first-order valence-electron chi connectivity index (χ1n) is 6.74. The predicted octanol–water partition coefficient (Wildman–Crippen LogP) is 2.13. The molecule has 21 heavy (non-hydrogen) atoms. The third-order valence-electron chi connectivity index (χ3n) is 3.09. The molecule has 2 aromatic rings. The molecule has 1 heterocycles. The van der Waals surface area contributed by atoms with E-state index in [2.05, 4.69) is 15.4 Å². The number of carbonyl (C=O) groups excluding carboxylic acids is 2. The van der Waals surface area contributed by atoms with Crippen LogP contribution in [0.5, 0.6) is 0 Å². The van der Waals surface area contributed by atoms with Crippen molar-refractivity contribution in [2.75, 3.05) is 5.32 Å². The zero-order chi connectivity index (χ0) is 15.4. The second kappa shape index (κ2) is 6.30. The summed E-state index contributed by atoms with van der Waals surface area (Å²) in [4.78, 5) is 27.2. The van der Waals surface area contributed by atoms with E-state index in [1.807, 2.05) is 13.8 Å². The molecule has 2 rings (SSSR count). The lowest BCUT2D eigenvalue weighted by Crippen LogP contribution is -2.15. The zero-order valence-corrected chi connectivity index (χ0v) is 12.4. The molecule has 0 aliphatic heterocycles. The van der Waals surface area contributed by atoms with Crippen molar-refractivity contribution in [3.63, 3.8) is 0 Å². The number of anilines is 1. The van der Waals surface area contributed by atoms with Crippen LogP contribution >= 0.6 is 0 Å². The summed E-state index contributed by atoms with van der Waals surface area (Å²) in [7, 11) is 0. The highest BCUT2D eigenvalue weighted by Crippen LogP contribution is 2.10. The molecular weight excluding hydrogens is 268 g/mol. The number of Topliss-reactive ketones (excluding diaryl/α,β-unsaturated/α-hetero) is 1. The van der Waals surface area contributed by atoms with Gasteiger partial charge in [0.1, 0.15) is 11.6 Å². The van der Waals surface area contributed by atoms with Gasteiger partial charge in [-0.1, -0.05) is 0 Å². The van der Waals surface area contributed by atoms with Crippen molar-refractivity contribution < 1.29 is 9.59 Å². The van der Waals surface area contributed by atoms with E-state index >= 15 is 0 Å². The Bertz CT molecular complexity index is 659. The van der Waals surface area contributed by atoms with E-state index in [4.69, 9.17) is 0 Å². The molecule has 1 aromatic carbocycles. The van der Waals surface area contributed by atoms with Gasteiger partial charge in [0.2, 0.25) is 5.91 Å². The van der Waals surface area contributed by atoms with Crippen LogP contribution in [0.15, 0.2) is 24.3 Å². The number of hydrogen-bond donors (Lipinski definition) is 1. The summed E-state index contributed by atoms with van der Waals surface area (Å²) in [6.07, 6.45) is 0.318. The van der Waals surface area contributed by atoms with Crippen molar-refractivity contribution in [2.45, 2.75) is 33.7 Å². The summed E-state index contributed by atoms with van der Waals surface area (Å²) in [6, 6.07) is 6.84. The Kier molecular flexibility index (Phi) is 4.47. The molecule has 0 bridgehead atoms. The summed E-state index contributed by atoms with van der Waals surface area (Å²) in [6.45, 7) is 5.68. The Morgan fingerprint density at radius 3 is 2.38 bits per heavy atom. The van der Waals surface area contributed by atoms with E-state index in [0.29, 0.717) is 30.0 Å². The fourth-order valence-electron chi connectivity index (χ4n) is 1.99. The molecular formula is C15H18N4O2. The minimum atomic E-state index is -0.0990. The molecule has 1 N–H and O–H groups in total. The second-order valence-electron chi connectivity index (χ2n) is 4.86. The number of aryl methyl sites for hydroxylation is 3. The average molecular weight is 286 g/mol. The number of benzene rings is 1. The number of rotatable bonds is 5.